The largest absolute Gasteiger partial charge is 0.467 e. The molecule has 2 aromatic rings. The predicted octanol–water partition coefficient (Wildman–Crippen LogP) is 1.60. The molecule has 0 unspecified atom stereocenters. The molecule has 5 nitrogen and oxygen atoms in total. The lowest BCUT2D eigenvalue weighted by Crippen LogP contribution is -2.25. The Hall–Kier alpha value is -2.01. The lowest BCUT2D eigenvalue weighted by Gasteiger charge is -2.14. The molecular formula is C12H14N2O3. The average molecular weight is 234 g/mol. The molecule has 17 heavy (non-hydrogen) atoms. The summed E-state index contributed by atoms with van der Waals surface area (Å²) in [5.74, 6) is 1.22. The summed E-state index contributed by atoms with van der Waals surface area (Å²) in [5.41, 5.74) is 5.91. The molecule has 0 radical (unpaired) electrons. The van der Waals surface area contributed by atoms with Crippen molar-refractivity contribution in [3.63, 3.8) is 0 Å². The van der Waals surface area contributed by atoms with Crippen LogP contribution in [0.3, 0.4) is 0 Å². The first kappa shape index (κ1) is 11.5. The van der Waals surface area contributed by atoms with Gasteiger partial charge in [0.15, 0.2) is 0 Å². The van der Waals surface area contributed by atoms with Gasteiger partial charge in [0, 0.05) is 7.05 Å². The fourth-order valence-corrected chi connectivity index (χ4v) is 1.53. The Labute approximate surface area is 98.8 Å². The van der Waals surface area contributed by atoms with Gasteiger partial charge in [0.1, 0.15) is 17.8 Å². The van der Waals surface area contributed by atoms with Crippen molar-refractivity contribution in [2.24, 2.45) is 5.73 Å². The molecule has 90 valence electrons. The number of hydrogen-bond donors (Lipinski definition) is 1. The molecule has 1 amide bonds. The zero-order valence-corrected chi connectivity index (χ0v) is 9.55. The zero-order chi connectivity index (χ0) is 12.3. The van der Waals surface area contributed by atoms with E-state index >= 15 is 0 Å². The lowest BCUT2D eigenvalue weighted by atomic mass is 10.2. The van der Waals surface area contributed by atoms with E-state index < -0.39 is 0 Å². The van der Waals surface area contributed by atoms with Gasteiger partial charge >= 0.3 is 0 Å². The molecule has 0 fully saturated rings. The van der Waals surface area contributed by atoms with Gasteiger partial charge in [-0.25, -0.2) is 0 Å². The second-order valence-electron chi connectivity index (χ2n) is 3.75. The van der Waals surface area contributed by atoms with Crippen LogP contribution in [0.1, 0.15) is 21.9 Å². The molecule has 0 aliphatic heterocycles. The predicted molar refractivity (Wildman–Crippen MR) is 61.1 cm³/mol. The SMILES string of the molecule is CN(Cc1ccco1)C(=O)c1coc(CN)c1. The van der Waals surface area contributed by atoms with Gasteiger partial charge in [-0.05, 0) is 18.2 Å². The van der Waals surface area contributed by atoms with Gasteiger partial charge in [-0.3, -0.25) is 4.79 Å². The van der Waals surface area contributed by atoms with Crippen molar-refractivity contribution in [3.05, 3.63) is 47.8 Å². The molecule has 0 saturated carbocycles. The van der Waals surface area contributed by atoms with Gasteiger partial charge < -0.3 is 19.5 Å². The van der Waals surface area contributed by atoms with Crippen LogP contribution in [0, 0.1) is 0 Å². The minimum Gasteiger partial charge on any atom is -0.467 e. The van der Waals surface area contributed by atoms with Crippen LogP contribution in [0.5, 0.6) is 0 Å². The molecule has 0 aliphatic rings. The van der Waals surface area contributed by atoms with Gasteiger partial charge in [-0.15, -0.1) is 0 Å². The van der Waals surface area contributed by atoms with E-state index in [-0.39, 0.29) is 12.5 Å². The van der Waals surface area contributed by atoms with Crippen molar-refractivity contribution in [3.8, 4) is 0 Å². The second-order valence-corrected chi connectivity index (χ2v) is 3.75. The lowest BCUT2D eigenvalue weighted by molar-refractivity contribution is 0.0775. The maximum Gasteiger partial charge on any atom is 0.257 e. The Morgan fingerprint density at radius 2 is 2.24 bits per heavy atom. The highest BCUT2D eigenvalue weighted by Crippen LogP contribution is 2.12. The van der Waals surface area contributed by atoms with E-state index in [0.29, 0.717) is 17.9 Å². The maximum absolute atomic E-state index is 12.0. The Balaban J connectivity index is 2.04. The summed E-state index contributed by atoms with van der Waals surface area (Å²) in [6.07, 6.45) is 3.00. The summed E-state index contributed by atoms with van der Waals surface area (Å²) < 4.78 is 10.3. The van der Waals surface area contributed by atoms with Crippen molar-refractivity contribution in [2.75, 3.05) is 7.05 Å². The molecule has 2 aromatic heterocycles. The number of furan rings is 2. The van der Waals surface area contributed by atoms with Crippen LogP contribution in [0.2, 0.25) is 0 Å². The van der Waals surface area contributed by atoms with E-state index in [1.165, 1.54) is 6.26 Å². The molecule has 5 heteroatoms. The highest BCUT2D eigenvalue weighted by Gasteiger charge is 2.15. The van der Waals surface area contributed by atoms with Crippen LogP contribution in [0.4, 0.5) is 0 Å². The summed E-state index contributed by atoms with van der Waals surface area (Å²) in [5, 5.41) is 0. The summed E-state index contributed by atoms with van der Waals surface area (Å²) in [7, 11) is 1.71. The van der Waals surface area contributed by atoms with Gasteiger partial charge in [0.05, 0.1) is 24.9 Å². The highest BCUT2D eigenvalue weighted by atomic mass is 16.3. The molecule has 0 atom stereocenters. The summed E-state index contributed by atoms with van der Waals surface area (Å²) in [6, 6.07) is 5.27. The van der Waals surface area contributed by atoms with Crippen molar-refractivity contribution >= 4 is 5.91 Å². The van der Waals surface area contributed by atoms with Crippen LogP contribution >= 0.6 is 0 Å². The van der Waals surface area contributed by atoms with Crippen LogP contribution < -0.4 is 5.73 Å². The molecule has 0 aliphatic carbocycles. The van der Waals surface area contributed by atoms with Gasteiger partial charge in [-0.2, -0.15) is 0 Å². The molecule has 0 aromatic carbocycles. The fraction of sp³-hybridized carbons (Fsp3) is 0.250. The quantitative estimate of drug-likeness (QED) is 0.872. The number of carbonyl (C=O) groups is 1. The van der Waals surface area contributed by atoms with E-state index in [9.17, 15) is 4.79 Å². The first-order chi connectivity index (χ1) is 8.20. The van der Waals surface area contributed by atoms with Crippen molar-refractivity contribution in [1.29, 1.82) is 0 Å². The number of amides is 1. The topological polar surface area (TPSA) is 72.6 Å². The normalized spacial score (nSPS) is 10.5. The first-order valence-corrected chi connectivity index (χ1v) is 5.26. The second kappa shape index (κ2) is 4.88. The molecule has 0 bridgehead atoms. The minimum atomic E-state index is -0.121. The minimum absolute atomic E-state index is 0.121. The number of rotatable bonds is 4. The van der Waals surface area contributed by atoms with E-state index in [0.717, 1.165) is 5.76 Å². The third kappa shape index (κ3) is 2.57. The molecular weight excluding hydrogens is 220 g/mol. The third-order valence-corrected chi connectivity index (χ3v) is 2.42. The fourth-order valence-electron chi connectivity index (χ4n) is 1.53. The van der Waals surface area contributed by atoms with Gasteiger partial charge in [0.25, 0.3) is 5.91 Å². The van der Waals surface area contributed by atoms with Crippen molar-refractivity contribution < 1.29 is 13.6 Å². The monoisotopic (exact) mass is 234 g/mol. The Kier molecular flexibility index (Phi) is 3.30. The third-order valence-electron chi connectivity index (χ3n) is 2.42. The average Bonchev–Trinajstić information content (AvgIpc) is 2.98. The van der Waals surface area contributed by atoms with Crippen molar-refractivity contribution in [1.82, 2.24) is 4.90 Å². The highest BCUT2D eigenvalue weighted by molar-refractivity contribution is 5.93. The molecule has 2 rings (SSSR count). The molecule has 2 heterocycles. The number of hydrogen-bond acceptors (Lipinski definition) is 4. The summed E-state index contributed by atoms with van der Waals surface area (Å²) >= 11 is 0. The Morgan fingerprint density at radius 1 is 1.41 bits per heavy atom. The summed E-state index contributed by atoms with van der Waals surface area (Å²) in [6.45, 7) is 0.712. The van der Waals surface area contributed by atoms with Crippen LogP contribution in [0.25, 0.3) is 0 Å². The molecule has 0 spiro atoms. The van der Waals surface area contributed by atoms with Crippen molar-refractivity contribution in [2.45, 2.75) is 13.1 Å². The maximum atomic E-state index is 12.0. The van der Waals surface area contributed by atoms with E-state index in [4.69, 9.17) is 14.6 Å². The number of nitrogens with two attached hydrogens (primary N) is 1. The smallest absolute Gasteiger partial charge is 0.257 e. The molecule has 2 N–H and O–H groups in total. The van der Waals surface area contributed by atoms with E-state index in [1.807, 2.05) is 6.07 Å². The summed E-state index contributed by atoms with van der Waals surface area (Å²) in [4.78, 5) is 13.5. The Morgan fingerprint density at radius 3 is 2.82 bits per heavy atom. The first-order valence-electron chi connectivity index (χ1n) is 5.26. The van der Waals surface area contributed by atoms with Crippen LogP contribution in [-0.2, 0) is 13.1 Å². The zero-order valence-electron chi connectivity index (χ0n) is 9.55. The van der Waals surface area contributed by atoms with Gasteiger partial charge in [0.2, 0.25) is 0 Å². The van der Waals surface area contributed by atoms with E-state index in [1.54, 1.807) is 30.3 Å². The molecule has 0 saturated heterocycles. The van der Waals surface area contributed by atoms with Crippen LogP contribution in [0.15, 0.2) is 39.6 Å². The van der Waals surface area contributed by atoms with Crippen LogP contribution in [-0.4, -0.2) is 17.9 Å². The van der Waals surface area contributed by atoms with Gasteiger partial charge in [-0.1, -0.05) is 0 Å². The Bertz CT molecular complexity index is 488. The van der Waals surface area contributed by atoms with E-state index in [2.05, 4.69) is 0 Å². The standard InChI is InChI=1S/C12H14N2O3/c1-14(7-10-3-2-4-16-10)12(15)9-5-11(6-13)17-8-9/h2-5,8H,6-7,13H2,1H3. The number of carbonyl (C=O) groups excluding carboxylic acids is 1. The number of nitrogens with zero attached hydrogens (tertiary/aromatic N) is 1.